The molecule has 2 aliphatic rings. The van der Waals surface area contributed by atoms with Gasteiger partial charge in [-0.05, 0) is 72.1 Å². The zero-order chi connectivity index (χ0) is 39.9. The van der Waals surface area contributed by atoms with Crippen molar-refractivity contribution in [2.45, 2.75) is 65.5 Å². The Balaban J connectivity index is 0.000000258. The van der Waals surface area contributed by atoms with Crippen LogP contribution in [0.25, 0.3) is 22.1 Å². The van der Waals surface area contributed by atoms with E-state index in [1.54, 1.807) is 44.1 Å². The number of halogens is 1. The molecule has 1 amide bonds. The molecule has 0 saturated carbocycles. The standard InChI is InChI=1S/C19H23N5O3.C15H20N4O2.C4H5NO2.ClH/c1-3-27-19(26)15-10-22-17-14(6-7-21-17)16(15)23-13-5-4-8-24(11-13)18(25)12(2)9-20;1-2-21-15(20)12-9-18-14-11(5-7-17-14)13(12)19-10-4-3-6-16-8-10;1-3(2-5)4(6)7;/h6-7,10,12-13H,3-5,8,11H2,1-2H3,(H2,21,22,23);5,7,9-10,16H,2-4,6,8H2,1H3,(H2,17,18,19);3H,1H3,(H,6,7);1H/t12?,13-;10-;;/m11../s1. The average molecular weight is 793 g/mol. The molecule has 2 aliphatic heterocycles. The highest BCUT2D eigenvalue weighted by atomic mass is 35.5. The fourth-order valence-corrected chi connectivity index (χ4v) is 6.12. The number of esters is 2. The first-order valence-electron chi connectivity index (χ1n) is 18.3. The van der Waals surface area contributed by atoms with E-state index in [1.165, 1.54) is 13.1 Å². The quantitative estimate of drug-likeness (QED) is 0.117. The van der Waals surface area contributed by atoms with Gasteiger partial charge in [0.15, 0.2) is 0 Å². The van der Waals surface area contributed by atoms with Gasteiger partial charge in [0.05, 0.1) is 36.7 Å². The molecule has 0 aliphatic carbocycles. The molecule has 2 saturated heterocycles. The number of aliphatic carboxylic acids is 1. The molecule has 4 atom stereocenters. The fourth-order valence-electron chi connectivity index (χ4n) is 6.12. The van der Waals surface area contributed by atoms with Crippen LogP contribution < -0.4 is 16.0 Å². The number of piperidine rings is 2. The monoisotopic (exact) mass is 792 g/mol. The summed E-state index contributed by atoms with van der Waals surface area (Å²) in [5.41, 5.74) is 3.79. The first-order valence-corrected chi connectivity index (χ1v) is 18.3. The van der Waals surface area contributed by atoms with Crippen LogP contribution in [0.15, 0.2) is 36.9 Å². The zero-order valence-corrected chi connectivity index (χ0v) is 32.7. The molecule has 4 aromatic heterocycles. The second-order valence-electron chi connectivity index (χ2n) is 13.0. The van der Waals surface area contributed by atoms with E-state index < -0.39 is 23.8 Å². The molecule has 4 aromatic rings. The number of carboxylic acids is 1. The van der Waals surface area contributed by atoms with Gasteiger partial charge < -0.3 is 45.4 Å². The van der Waals surface area contributed by atoms with Gasteiger partial charge in [0.2, 0.25) is 5.91 Å². The molecule has 6 N–H and O–H groups in total. The molecule has 17 nitrogen and oxygen atoms in total. The summed E-state index contributed by atoms with van der Waals surface area (Å²) >= 11 is 0. The number of amides is 1. The van der Waals surface area contributed by atoms with E-state index in [2.05, 4.69) is 35.9 Å². The Morgan fingerprint density at radius 3 is 1.84 bits per heavy atom. The molecule has 6 rings (SSSR count). The highest BCUT2D eigenvalue weighted by Gasteiger charge is 2.28. The van der Waals surface area contributed by atoms with E-state index in [1.807, 2.05) is 24.4 Å². The topological polar surface area (TPSA) is 251 Å². The number of likely N-dealkylation sites (tertiary alicyclic amines) is 1. The third-order valence-electron chi connectivity index (χ3n) is 9.02. The van der Waals surface area contributed by atoms with Crippen molar-refractivity contribution in [3.05, 3.63) is 48.0 Å². The van der Waals surface area contributed by atoms with E-state index in [-0.39, 0.29) is 36.9 Å². The first kappa shape index (κ1) is 44.5. The summed E-state index contributed by atoms with van der Waals surface area (Å²) < 4.78 is 10.3. The van der Waals surface area contributed by atoms with Gasteiger partial charge in [-0.3, -0.25) is 9.59 Å². The molecule has 0 bridgehead atoms. The number of anilines is 2. The summed E-state index contributed by atoms with van der Waals surface area (Å²) in [6, 6.07) is 7.64. The lowest BCUT2D eigenvalue weighted by atomic mass is 10.0. The van der Waals surface area contributed by atoms with Gasteiger partial charge in [-0.25, -0.2) is 19.6 Å². The summed E-state index contributed by atoms with van der Waals surface area (Å²) in [6.45, 7) is 10.2. The van der Waals surface area contributed by atoms with E-state index in [9.17, 15) is 19.2 Å². The third kappa shape index (κ3) is 11.5. The van der Waals surface area contributed by atoms with Crippen LogP contribution in [-0.4, -0.2) is 105 Å². The highest BCUT2D eigenvalue weighted by Crippen LogP contribution is 2.29. The summed E-state index contributed by atoms with van der Waals surface area (Å²) in [5.74, 6) is -3.52. The second kappa shape index (κ2) is 21.8. The number of carbonyl (C=O) groups is 4. The van der Waals surface area contributed by atoms with Crippen LogP contribution in [-0.2, 0) is 19.1 Å². The van der Waals surface area contributed by atoms with Crippen molar-refractivity contribution in [2.24, 2.45) is 11.8 Å². The third-order valence-corrected chi connectivity index (χ3v) is 9.02. The van der Waals surface area contributed by atoms with Crippen LogP contribution >= 0.6 is 12.4 Å². The van der Waals surface area contributed by atoms with Crippen LogP contribution in [0.4, 0.5) is 11.4 Å². The van der Waals surface area contributed by atoms with Gasteiger partial charge in [-0.1, -0.05) is 0 Å². The molecular formula is C38H49ClN10O7. The number of fused-ring (bicyclic) bond motifs is 2. The summed E-state index contributed by atoms with van der Waals surface area (Å²) in [5, 5.41) is 36.8. The molecule has 300 valence electrons. The SMILES string of the molecule is CC(C#N)C(=O)O.CCOC(=O)c1cnc2[nH]ccc2c1N[C@@H]1CCCN(C(=O)C(C)C#N)C1.CCOC(=O)c1cnc2[nH]ccc2c1N[C@@H]1CCCNC1.Cl. The molecule has 56 heavy (non-hydrogen) atoms. The number of nitrogens with zero attached hydrogens (tertiary/aromatic N) is 5. The number of aromatic nitrogens is 4. The van der Waals surface area contributed by atoms with E-state index in [0.29, 0.717) is 48.2 Å². The zero-order valence-electron chi connectivity index (χ0n) is 31.9. The number of hydrogen-bond acceptors (Lipinski definition) is 13. The number of nitriles is 2. The van der Waals surface area contributed by atoms with Crippen molar-refractivity contribution < 1.29 is 33.8 Å². The maximum absolute atomic E-state index is 12.4. The van der Waals surface area contributed by atoms with Crippen LogP contribution in [0.1, 0.15) is 74.1 Å². The number of carboxylic acid groups (broad SMARTS) is 1. The predicted molar refractivity (Wildman–Crippen MR) is 211 cm³/mol. The molecule has 2 unspecified atom stereocenters. The van der Waals surface area contributed by atoms with Gasteiger partial charge in [-0.2, -0.15) is 10.5 Å². The van der Waals surface area contributed by atoms with Crippen molar-refractivity contribution in [2.75, 3.05) is 50.0 Å². The van der Waals surface area contributed by atoms with Gasteiger partial charge in [0.1, 0.15) is 34.3 Å². The lowest BCUT2D eigenvalue weighted by Crippen LogP contribution is -2.46. The first-order chi connectivity index (χ1) is 26.5. The molecule has 6 heterocycles. The summed E-state index contributed by atoms with van der Waals surface area (Å²) in [6.07, 6.45) is 10.6. The maximum Gasteiger partial charge on any atom is 0.341 e. The Morgan fingerprint density at radius 2 is 1.39 bits per heavy atom. The number of pyridine rings is 2. The molecule has 2 fully saturated rings. The van der Waals surface area contributed by atoms with Crippen LogP contribution in [0.3, 0.4) is 0 Å². The summed E-state index contributed by atoms with van der Waals surface area (Å²) in [4.78, 5) is 63.0. The smallest absolute Gasteiger partial charge is 0.341 e. The van der Waals surface area contributed by atoms with Crippen molar-refractivity contribution in [3.8, 4) is 12.1 Å². The largest absolute Gasteiger partial charge is 0.480 e. The molecule has 0 radical (unpaired) electrons. The van der Waals surface area contributed by atoms with Crippen LogP contribution in [0.5, 0.6) is 0 Å². The number of H-pyrrole nitrogens is 2. The Morgan fingerprint density at radius 1 is 0.875 bits per heavy atom. The summed E-state index contributed by atoms with van der Waals surface area (Å²) in [7, 11) is 0. The second-order valence-corrected chi connectivity index (χ2v) is 13.0. The average Bonchev–Trinajstić information content (AvgIpc) is 3.89. The van der Waals surface area contributed by atoms with Gasteiger partial charge in [0.25, 0.3) is 0 Å². The Labute approximate surface area is 330 Å². The van der Waals surface area contributed by atoms with Gasteiger partial charge >= 0.3 is 17.9 Å². The molecule has 0 aromatic carbocycles. The highest BCUT2D eigenvalue weighted by molar-refractivity contribution is 6.05. The van der Waals surface area contributed by atoms with Crippen molar-refractivity contribution >= 4 is 69.7 Å². The van der Waals surface area contributed by atoms with Crippen LogP contribution in [0, 0.1) is 34.5 Å². The van der Waals surface area contributed by atoms with Gasteiger partial charge in [-0.15, -0.1) is 12.4 Å². The number of aromatic amines is 2. The Hall–Kier alpha value is -5.91. The Kier molecular flexibility index (Phi) is 17.4. The van der Waals surface area contributed by atoms with E-state index in [4.69, 9.17) is 25.1 Å². The normalized spacial score (nSPS) is 17.1. The van der Waals surface area contributed by atoms with Crippen molar-refractivity contribution in [3.63, 3.8) is 0 Å². The van der Waals surface area contributed by atoms with Gasteiger partial charge in [0, 0.05) is 67.3 Å². The van der Waals surface area contributed by atoms with E-state index >= 15 is 0 Å². The fraction of sp³-hybridized carbons (Fsp3) is 0.474. The number of hydrogen-bond donors (Lipinski definition) is 6. The minimum Gasteiger partial charge on any atom is -0.480 e. The molecular weight excluding hydrogens is 744 g/mol. The maximum atomic E-state index is 12.4. The van der Waals surface area contributed by atoms with Crippen molar-refractivity contribution in [1.29, 1.82) is 10.5 Å². The number of nitrogens with one attached hydrogen (secondary N) is 5. The number of carbonyl (C=O) groups excluding carboxylic acids is 3. The van der Waals surface area contributed by atoms with Crippen LogP contribution in [0.2, 0.25) is 0 Å². The minimum atomic E-state index is -1.07. The lowest BCUT2D eigenvalue weighted by Gasteiger charge is -2.34. The Bertz CT molecular complexity index is 2030. The minimum absolute atomic E-state index is 0. The molecule has 18 heteroatoms. The number of ether oxygens (including phenoxy) is 2. The number of rotatable bonds is 10. The van der Waals surface area contributed by atoms with E-state index in [0.717, 1.165) is 60.9 Å². The lowest BCUT2D eigenvalue weighted by molar-refractivity contribution is -0.139. The van der Waals surface area contributed by atoms with Crippen molar-refractivity contribution in [1.82, 2.24) is 30.2 Å². The predicted octanol–water partition coefficient (Wildman–Crippen LogP) is 4.86. The molecule has 0 spiro atoms.